The molecule has 2 heterocycles. The Morgan fingerprint density at radius 2 is 2.03 bits per heavy atom. The van der Waals surface area contributed by atoms with Crippen LogP contribution < -0.4 is 10.6 Å². The number of nitrogens with one attached hydrogen (secondary N) is 2. The van der Waals surface area contributed by atoms with Crippen molar-refractivity contribution < 1.29 is 14.0 Å². The summed E-state index contributed by atoms with van der Waals surface area (Å²) in [7, 11) is 3.46. The first-order chi connectivity index (χ1) is 14.4. The molecule has 2 aromatic carbocycles. The van der Waals surface area contributed by atoms with Crippen LogP contribution in [-0.4, -0.2) is 41.3 Å². The Labute approximate surface area is 178 Å². The number of halogens is 1. The minimum atomic E-state index is -0.330. The first kappa shape index (κ1) is 20.3. The van der Waals surface area contributed by atoms with Gasteiger partial charge in [-0.3, -0.25) is 4.79 Å². The van der Waals surface area contributed by atoms with E-state index in [-0.39, 0.29) is 30.3 Å². The highest BCUT2D eigenvalue weighted by molar-refractivity contribution is 7.99. The predicted octanol–water partition coefficient (Wildman–Crippen LogP) is 4.23. The molecule has 1 aromatic heterocycles. The summed E-state index contributed by atoms with van der Waals surface area (Å²) in [5, 5.41) is 6.75. The molecule has 0 fully saturated rings. The average Bonchev–Trinajstić information content (AvgIpc) is 3.10. The largest absolute Gasteiger partial charge is 0.347 e. The van der Waals surface area contributed by atoms with Crippen molar-refractivity contribution in [2.45, 2.75) is 23.9 Å². The summed E-state index contributed by atoms with van der Waals surface area (Å²) in [6, 6.07) is 11.6. The maximum atomic E-state index is 13.7. The zero-order chi connectivity index (χ0) is 21.3. The third kappa shape index (κ3) is 4.28. The molecule has 156 valence electrons. The molecule has 8 heteroatoms. The zero-order valence-corrected chi connectivity index (χ0v) is 17.6. The van der Waals surface area contributed by atoms with E-state index < -0.39 is 0 Å². The third-order valence-electron chi connectivity index (χ3n) is 5.15. The van der Waals surface area contributed by atoms with Gasteiger partial charge in [-0.15, -0.1) is 11.8 Å². The van der Waals surface area contributed by atoms with Crippen LogP contribution in [0.5, 0.6) is 0 Å². The van der Waals surface area contributed by atoms with Crippen LogP contribution in [0.3, 0.4) is 0 Å². The molecular formula is C22H23FN4O2S. The predicted molar refractivity (Wildman–Crippen MR) is 117 cm³/mol. The Morgan fingerprint density at radius 1 is 1.20 bits per heavy atom. The fraction of sp³-hybridized carbons (Fsp3) is 0.273. The highest BCUT2D eigenvalue weighted by atomic mass is 32.2. The Kier molecular flexibility index (Phi) is 5.67. The number of urea groups is 1. The molecule has 0 bridgehead atoms. The van der Waals surface area contributed by atoms with Crippen molar-refractivity contribution in [3.05, 3.63) is 60.0 Å². The number of hydrogen-bond acceptors (Lipinski definition) is 3. The van der Waals surface area contributed by atoms with E-state index in [2.05, 4.69) is 10.6 Å². The van der Waals surface area contributed by atoms with Gasteiger partial charge in [0, 0.05) is 47.5 Å². The lowest BCUT2D eigenvalue weighted by Crippen LogP contribution is -2.34. The molecule has 3 amide bonds. The minimum Gasteiger partial charge on any atom is -0.347 e. The van der Waals surface area contributed by atoms with Gasteiger partial charge >= 0.3 is 6.03 Å². The van der Waals surface area contributed by atoms with Crippen LogP contribution in [0.15, 0.2) is 53.6 Å². The SMILES string of the molecule is CN(C)C(=O)Cn1ccc2cc(NC(=O)NC3CCSc4ccc(F)cc43)ccc21. The highest BCUT2D eigenvalue weighted by Crippen LogP contribution is 2.36. The van der Waals surface area contributed by atoms with Gasteiger partial charge in [-0.2, -0.15) is 0 Å². The molecule has 1 unspecified atom stereocenters. The Balaban J connectivity index is 1.45. The first-order valence-electron chi connectivity index (χ1n) is 9.69. The fourth-order valence-corrected chi connectivity index (χ4v) is 4.65. The van der Waals surface area contributed by atoms with Crippen molar-refractivity contribution >= 4 is 40.3 Å². The molecule has 3 aromatic rings. The number of anilines is 1. The van der Waals surface area contributed by atoms with Gasteiger partial charge in [0.25, 0.3) is 0 Å². The standard InChI is InChI=1S/C22H23FN4O2S/c1-26(2)21(28)13-27-9-7-14-11-16(4-5-19(14)27)24-22(29)25-18-8-10-30-20-6-3-15(23)12-17(18)20/h3-7,9,11-12,18H,8,10,13H2,1-2H3,(H2,24,25,29). The van der Waals surface area contributed by atoms with Crippen LogP contribution in [0.25, 0.3) is 10.9 Å². The van der Waals surface area contributed by atoms with Gasteiger partial charge in [0.1, 0.15) is 12.4 Å². The average molecular weight is 427 g/mol. The number of carbonyl (C=O) groups excluding carboxylic acids is 2. The number of carbonyl (C=O) groups is 2. The number of fused-ring (bicyclic) bond motifs is 2. The van der Waals surface area contributed by atoms with Crippen molar-refractivity contribution in [3.8, 4) is 0 Å². The topological polar surface area (TPSA) is 66.4 Å². The summed E-state index contributed by atoms with van der Waals surface area (Å²) < 4.78 is 15.5. The van der Waals surface area contributed by atoms with Crippen molar-refractivity contribution in [1.82, 2.24) is 14.8 Å². The number of hydrogen-bond donors (Lipinski definition) is 2. The Morgan fingerprint density at radius 3 is 2.83 bits per heavy atom. The molecule has 2 N–H and O–H groups in total. The van der Waals surface area contributed by atoms with Gasteiger partial charge in [0.05, 0.1) is 6.04 Å². The van der Waals surface area contributed by atoms with Crippen molar-refractivity contribution in [2.24, 2.45) is 0 Å². The summed E-state index contributed by atoms with van der Waals surface area (Å²) in [6.07, 6.45) is 2.61. The molecule has 0 spiro atoms. The van der Waals surface area contributed by atoms with Gasteiger partial charge in [0.2, 0.25) is 5.91 Å². The molecule has 0 aliphatic carbocycles. The maximum absolute atomic E-state index is 13.7. The quantitative estimate of drug-likeness (QED) is 0.656. The summed E-state index contributed by atoms with van der Waals surface area (Å²) in [4.78, 5) is 27.1. The van der Waals surface area contributed by atoms with E-state index >= 15 is 0 Å². The van der Waals surface area contributed by atoms with Crippen LogP contribution in [-0.2, 0) is 11.3 Å². The van der Waals surface area contributed by atoms with E-state index in [0.717, 1.165) is 33.5 Å². The molecule has 0 saturated carbocycles. The lowest BCUT2D eigenvalue weighted by atomic mass is 10.0. The van der Waals surface area contributed by atoms with E-state index in [4.69, 9.17) is 0 Å². The summed E-state index contributed by atoms with van der Waals surface area (Å²) in [5.41, 5.74) is 2.39. The molecule has 1 aliphatic rings. The second-order valence-corrected chi connectivity index (χ2v) is 8.61. The van der Waals surface area contributed by atoms with E-state index in [1.165, 1.54) is 12.1 Å². The second kappa shape index (κ2) is 8.39. The molecule has 1 atom stereocenters. The number of aromatic nitrogens is 1. The molecule has 30 heavy (non-hydrogen) atoms. The van der Waals surface area contributed by atoms with Crippen LogP contribution in [0.2, 0.25) is 0 Å². The van der Waals surface area contributed by atoms with Crippen molar-refractivity contribution in [3.63, 3.8) is 0 Å². The maximum Gasteiger partial charge on any atom is 0.319 e. The van der Waals surface area contributed by atoms with Gasteiger partial charge in [-0.1, -0.05) is 0 Å². The summed E-state index contributed by atoms with van der Waals surface area (Å²) in [6.45, 7) is 0.263. The van der Waals surface area contributed by atoms with E-state index in [1.54, 1.807) is 36.8 Å². The lowest BCUT2D eigenvalue weighted by molar-refractivity contribution is -0.129. The zero-order valence-electron chi connectivity index (χ0n) is 16.8. The number of rotatable bonds is 4. The number of thioether (sulfide) groups is 1. The van der Waals surface area contributed by atoms with E-state index in [9.17, 15) is 14.0 Å². The molecular weight excluding hydrogens is 403 g/mol. The second-order valence-electron chi connectivity index (χ2n) is 7.48. The Bertz CT molecular complexity index is 1110. The number of nitrogens with zero attached hydrogens (tertiary/aromatic N) is 2. The smallest absolute Gasteiger partial charge is 0.319 e. The van der Waals surface area contributed by atoms with Crippen LogP contribution in [0.4, 0.5) is 14.9 Å². The molecule has 4 rings (SSSR count). The van der Waals surface area contributed by atoms with Gasteiger partial charge < -0.3 is 20.1 Å². The van der Waals surface area contributed by atoms with Crippen molar-refractivity contribution in [2.75, 3.05) is 25.2 Å². The number of amides is 3. The summed E-state index contributed by atoms with van der Waals surface area (Å²) >= 11 is 1.67. The van der Waals surface area contributed by atoms with E-state index in [1.807, 2.05) is 35.0 Å². The summed E-state index contributed by atoms with van der Waals surface area (Å²) in [5.74, 6) is 0.581. The van der Waals surface area contributed by atoms with E-state index in [0.29, 0.717) is 5.69 Å². The molecule has 1 aliphatic heterocycles. The van der Waals surface area contributed by atoms with Crippen molar-refractivity contribution in [1.29, 1.82) is 0 Å². The Hall–Kier alpha value is -3.00. The fourth-order valence-electron chi connectivity index (χ4n) is 3.54. The number of likely N-dealkylation sites (N-methyl/N-ethyl adjacent to an activating group) is 1. The molecule has 0 radical (unpaired) electrons. The first-order valence-corrected chi connectivity index (χ1v) is 10.7. The van der Waals surface area contributed by atoms with Gasteiger partial charge in [-0.05, 0) is 54.4 Å². The minimum absolute atomic E-state index is 0.0106. The highest BCUT2D eigenvalue weighted by Gasteiger charge is 2.23. The van der Waals surface area contributed by atoms with Crippen LogP contribution in [0, 0.1) is 5.82 Å². The molecule has 0 saturated heterocycles. The third-order valence-corrected chi connectivity index (χ3v) is 6.27. The van der Waals surface area contributed by atoms with Gasteiger partial charge in [-0.25, -0.2) is 9.18 Å². The van der Waals surface area contributed by atoms with Crippen LogP contribution >= 0.6 is 11.8 Å². The van der Waals surface area contributed by atoms with Crippen LogP contribution in [0.1, 0.15) is 18.0 Å². The number of benzene rings is 2. The lowest BCUT2D eigenvalue weighted by Gasteiger charge is -2.26. The molecule has 6 nitrogen and oxygen atoms in total. The van der Waals surface area contributed by atoms with Gasteiger partial charge in [0.15, 0.2) is 0 Å². The normalized spacial score (nSPS) is 15.5. The monoisotopic (exact) mass is 426 g/mol.